The van der Waals surface area contributed by atoms with E-state index in [-0.39, 0.29) is 23.5 Å². The van der Waals surface area contributed by atoms with Crippen molar-refractivity contribution in [2.24, 2.45) is 10.1 Å². The number of hydrogen-bond acceptors (Lipinski definition) is 6. The maximum absolute atomic E-state index is 13.8. The van der Waals surface area contributed by atoms with Gasteiger partial charge in [0.05, 0.1) is 36.0 Å². The molecular formula is C28H22FN5O2S. The van der Waals surface area contributed by atoms with Gasteiger partial charge >= 0.3 is 0 Å². The fourth-order valence-electron chi connectivity index (χ4n) is 4.57. The number of halogens is 1. The Morgan fingerprint density at radius 2 is 1.76 bits per heavy atom. The lowest BCUT2D eigenvalue weighted by atomic mass is 9.96. The molecule has 0 bridgehead atoms. The van der Waals surface area contributed by atoms with Crippen LogP contribution in [0.2, 0.25) is 0 Å². The highest BCUT2D eigenvalue weighted by Crippen LogP contribution is 2.41. The lowest BCUT2D eigenvalue weighted by molar-refractivity contribution is -0.115. The van der Waals surface area contributed by atoms with Crippen molar-refractivity contribution in [3.05, 3.63) is 102 Å². The monoisotopic (exact) mass is 511 g/mol. The van der Waals surface area contributed by atoms with E-state index < -0.39 is 0 Å². The Hall–Kier alpha value is -4.24. The van der Waals surface area contributed by atoms with Crippen molar-refractivity contribution >= 4 is 28.5 Å². The molecule has 0 aliphatic carbocycles. The molecule has 4 aromatic rings. The summed E-state index contributed by atoms with van der Waals surface area (Å²) < 4.78 is 21.2. The van der Waals surface area contributed by atoms with Crippen LogP contribution in [0.5, 0.6) is 5.75 Å². The second-order valence-corrected chi connectivity index (χ2v) is 9.55. The Kier molecular flexibility index (Phi) is 6.05. The van der Waals surface area contributed by atoms with E-state index in [1.807, 2.05) is 70.5 Å². The molecule has 0 fully saturated rings. The summed E-state index contributed by atoms with van der Waals surface area (Å²) in [6.45, 7) is 0. The molecule has 3 aromatic carbocycles. The molecule has 2 aliphatic rings. The highest BCUT2D eigenvalue weighted by atomic mass is 32.2. The number of rotatable bonds is 5. The van der Waals surface area contributed by atoms with Crippen LogP contribution in [-0.2, 0) is 4.79 Å². The molecule has 0 radical (unpaired) electrons. The van der Waals surface area contributed by atoms with Crippen molar-refractivity contribution in [1.29, 1.82) is 0 Å². The van der Waals surface area contributed by atoms with Crippen LogP contribution in [0.3, 0.4) is 0 Å². The number of thioether (sulfide) groups is 1. The zero-order valence-corrected chi connectivity index (χ0v) is 20.7. The number of carbonyl (C=O) groups excluding carboxylic acids is 1. The van der Waals surface area contributed by atoms with Gasteiger partial charge in [-0.2, -0.15) is 15.2 Å². The SMILES string of the molecule is COc1ccccc1C1=NN(C2=NC(=O)CS2)C(c2cn(-c3ccccc3)nc2-c2ccc(F)cc2)C1. The van der Waals surface area contributed by atoms with Crippen LogP contribution < -0.4 is 4.74 Å². The van der Waals surface area contributed by atoms with Gasteiger partial charge in [0.15, 0.2) is 5.17 Å². The molecule has 2 aliphatic heterocycles. The number of amidine groups is 1. The van der Waals surface area contributed by atoms with Crippen molar-refractivity contribution in [3.63, 3.8) is 0 Å². The highest BCUT2D eigenvalue weighted by molar-refractivity contribution is 8.14. The Morgan fingerprint density at radius 3 is 2.49 bits per heavy atom. The van der Waals surface area contributed by atoms with Gasteiger partial charge in [0, 0.05) is 29.3 Å². The number of ether oxygens (including phenoxy) is 1. The number of carbonyl (C=O) groups is 1. The number of benzene rings is 3. The fraction of sp³-hybridized carbons (Fsp3) is 0.143. The van der Waals surface area contributed by atoms with Gasteiger partial charge in [-0.3, -0.25) is 4.79 Å². The molecule has 0 N–H and O–H groups in total. The molecule has 1 amide bonds. The number of methoxy groups -OCH3 is 1. The van der Waals surface area contributed by atoms with Gasteiger partial charge in [-0.15, -0.1) is 0 Å². The van der Waals surface area contributed by atoms with E-state index >= 15 is 0 Å². The average molecular weight is 512 g/mol. The number of nitrogens with zero attached hydrogens (tertiary/aromatic N) is 5. The molecule has 0 saturated carbocycles. The number of hydrazone groups is 1. The zero-order chi connectivity index (χ0) is 25.4. The van der Waals surface area contributed by atoms with Crippen LogP contribution in [-0.4, -0.2) is 44.4 Å². The van der Waals surface area contributed by atoms with Crippen LogP contribution in [0.4, 0.5) is 4.39 Å². The minimum absolute atomic E-state index is 0.182. The second-order valence-electron chi connectivity index (χ2n) is 8.61. The Balaban J connectivity index is 1.49. The van der Waals surface area contributed by atoms with E-state index in [2.05, 4.69) is 4.99 Å². The lowest BCUT2D eigenvalue weighted by Crippen LogP contribution is -2.24. The number of hydrogen-bond donors (Lipinski definition) is 0. The lowest BCUT2D eigenvalue weighted by Gasteiger charge is -2.22. The molecule has 0 saturated heterocycles. The second kappa shape index (κ2) is 9.67. The third kappa shape index (κ3) is 4.42. The van der Waals surface area contributed by atoms with E-state index in [4.69, 9.17) is 14.9 Å². The largest absolute Gasteiger partial charge is 0.496 e. The number of amides is 1. The number of aromatic nitrogens is 2. The Bertz CT molecular complexity index is 1530. The molecule has 6 rings (SSSR count). The smallest absolute Gasteiger partial charge is 0.258 e. The van der Waals surface area contributed by atoms with E-state index in [9.17, 15) is 9.18 Å². The van der Waals surface area contributed by atoms with Gasteiger partial charge in [0.1, 0.15) is 11.6 Å². The molecule has 0 spiro atoms. The molecule has 1 unspecified atom stereocenters. The first kappa shape index (κ1) is 23.2. The van der Waals surface area contributed by atoms with E-state index in [1.54, 1.807) is 19.2 Å². The summed E-state index contributed by atoms with van der Waals surface area (Å²) in [6, 6.07) is 23.6. The summed E-state index contributed by atoms with van der Waals surface area (Å²) in [5.41, 5.74) is 5.00. The molecule has 9 heteroatoms. The fourth-order valence-corrected chi connectivity index (χ4v) is 5.35. The van der Waals surface area contributed by atoms with Gasteiger partial charge in [0.2, 0.25) is 0 Å². The van der Waals surface area contributed by atoms with E-state index in [1.165, 1.54) is 23.9 Å². The third-order valence-corrected chi connectivity index (χ3v) is 7.24. The van der Waals surface area contributed by atoms with Gasteiger partial charge in [0.25, 0.3) is 5.91 Å². The molecule has 3 heterocycles. The van der Waals surface area contributed by atoms with Crippen molar-refractivity contribution < 1.29 is 13.9 Å². The van der Waals surface area contributed by atoms with Gasteiger partial charge < -0.3 is 4.74 Å². The number of para-hydroxylation sites is 2. The van der Waals surface area contributed by atoms with Crippen LogP contribution in [0, 0.1) is 5.82 Å². The Morgan fingerprint density at radius 1 is 1.00 bits per heavy atom. The predicted molar refractivity (Wildman–Crippen MR) is 143 cm³/mol. The molecule has 1 aromatic heterocycles. The van der Waals surface area contributed by atoms with Crippen molar-refractivity contribution in [1.82, 2.24) is 14.8 Å². The maximum Gasteiger partial charge on any atom is 0.258 e. The van der Waals surface area contributed by atoms with Crippen LogP contribution in [0.1, 0.15) is 23.6 Å². The molecule has 1 atom stereocenters. The van der Waals surface area contributed by atoms with Crippen molar-refractivity contribution in [3.8, 4) is 22.7 Å². The summed E-state index contributed by atoms with van der Waals surface area (Å²) in [4.78, 5) is 16.3. The first-order valence-electron chi connectivity index (χ1n) is 11.8. The first-order chi connectivity index (χ1) is 18.1. The molecule has 7 nitrogen and oxygen atoms in total. The average Bonchev–Trinajstić information content (AvgIpc) is 3.67. The van der Waals surface area contributed by atoms with Crippen molar-refractivity contribution in [2.45, 2.75) is 12.5 Å². The molecule has 37 heavy (non-hydrogen) atoms. The minimum atomic E-state index is -0.313. The van der Waals surface area contributed by atoms with Crippen LogP contribution >= 0.6 is 11.8 Å². The van der Waals surface area contributed by atoms with Gasteiger partial charge in [-0.05, 0) is 48.5 Å². The Labute approximate surface area is 217 Å². The minimum Gasteiger partial charge on any atom is -0.496 e. The van der Waals surface area contributed by atoms with Gasteiger partial charge in [-0.1, -0.05) is 42.1 Å². The summed E-state index contributed by atoms with van der Waals surface area (Å²) >= 11 is 1.37. The third-order valence-electron chi connectivity index (χ3n) is 6.31. The zero-order valence-electron chi connectivity index (χ0n) is 19.9. The maximum atomic E-state index is 13.8. The summed E-state index contributed by atoms with van der Waals surface area (Å²) in [5, 5.41) is 12.2. The highest BCUT2D eigenvalue weighted by Gasteiger charge is 2.37. The number of aliphatic imine (C=N–C) groups is 1. The molecule has 184 valence electrons. The first-order valence-corrected chi connectivity index (χ1v) is 12.7. The summed E-state index contributed by atoms with van der Waals surface area (Å²) in [6.07, 6.45) is 2.52. The normalized spacial score (nSPS) is 17.2. The topological polar surface area (TPSA) is 72.1 Å². The van der Waals surface area contributed by atoms with Crippen LogP contribution in [0.25, 0.3) is 16.9 Å². The van der Waals surface area contributed by atoms with Crippen LogP contribution in [0.15, 0.2) is 95.2 Å². The summed E-state index contributed by atoms with van der Waals surface area (Å²) in [7, 11) is 1.63. The quantitative estimate of drug-likeness (QED) is 0.356. The van der Waals surface area contributed by atoms with Gasteiger partial charge in [-0.25, -0.2) is 14.1 Å². The van der Waals surface area contributed by atoms with Crippen molar-refractivity contribution in [2.75, 3.05) is 12.9 Å². The van der Waals surface area contributed by atoms with E-state index in [0.717, 1.165) is 33.8 Å². The van der Waals surface area contributed by atoms with E-state index in [0.29, 0.717) is 17.3 Å². The summed E-state index contributed by atoms with van der Waals surface area (Å²) in [5.74, 6) is 0.509. The standard InChI is InChI=1S/C28H22FN5O2S/c1-36-25-10-6-5-9-21(25)23-15-24(34(31-23)28-30-26(35)17-37-28)22-16-33(20-7-3-2-4-8-20)32-27(22)18-11-13-19(29)14-12-18/h2-14,16,24H,15,17H2,1H3. The predicted octanol–water partition coefficient (Wildman–Crippen LogP) is 5.47. The molecular weight excluding hydrogens is 489 g/mol.